The van der Waals surface area contributed by atoms with Gasteiger partial charge in [-0.05, 0) is 54.6 Å². The third-order valence-electron chi connectivity index (χ3n) is 3.34. The first-order valence-electron chi connectivity index (χ1n) is 7.45. The number of rotatable bonds is 4. The van der Waals surface area contributed by atoms with Gasteiger partial charge in [0.25, 0.3) is 5.91 Å². The standard InChI is InChI=1S/C19H13BrClN3O/c20-13-6-11-18(21)17(12-13)19(25)22-14-7-9-16(10-8-14)24-23-15-4-2-1-3-5-15/h1-12H,(H,22,25). The molecular weight excluding hydrogens is 402 g/mol. The summed E-state index contributed by atoms with van der Waals surface area (Å²) in [6.07, 6.45) is 0. The molecule has 0 aliphatic carbocycles. The van der Waals surface area contributed by atoms with Crippen LogP contribution in [0.5, 0.6) is 0 Å². The summed E-state index contributed by atoms with van der Waals surface area (Å²) in [6, 6.07) is 21.7. The number of carbonyl (C=O) groups excluding carboxylic acids is 1. The van der Waals surface area contributed by atoms with Crippen LogP contribution in [0, 0.1) is 0 Å². The molecule has 0 aliphatic rings. The van der Waals surface area contributed by atoms with E-state index in [1.807, 2.05) is 30.3 Å². The Balaban J connectivity index is 1.69. The molecule has 0 radical (unpaired) electrons. The van der Waals surface area contributed by atoms with Crippen LogP contribution in [0.2, 0.25) is 5.02 Å². The van der Waals surface area contributed by atoms with E-state index in [9.17, 15) is 4.79 Å². The number of halogens is 2. The Kier molecular flexibility index (Phi) is 5.58. The molecule has 3 aromatic rings. The second-order valence-electron chi connectivity index (χ2n) is 5.16. The first kappa shape index (κ1) is 17.3. The lowest BCUT2D eigenvalue weighted by molar-refractivity contribution is 0.102. The second-order valence-corrected chi connectivity index (χ2v) is 6.48. The van der Waals surface area contributed by atoms with Gasteiger partial charge in [-0.3, -0.25) is 4.79 Å². The van der Waals surface area contributed by atoms with Crippen molar-refractivity contribution in [3.63, 3.8) is 0 Å². The summed E-state index contributed by atoms with van der Waals surface area (Å²) in [6.45, 7) is 0. The highest BCUT2D eigenvalue weighted by Crippen LogP contribution is 2.23. The quantitative estimate of drug-likeness (QED) is 0.470. The van der Waals surface area contributed by atoms with Crippen molar-refractivity contribution < 1.29 is 4.79 Å². The summed E-state index contributed by atoms with van der Waals surface area (Å²) in [5.41, 5.74) is 2.54. The van der Waals surface area contributed by atoms with Crippen LogP contribution in [0.4, 0.5) is 17.1 Å². The number of anilines is 1. The van der Waals surface area contributed by atoms with E-state index >= 15 is 0 Å². The zero-order chi connectivity index (χ0) is 17.6. The molecule has 0 bridgehead atoms. The number of hydrogen-bond acceptors (Lipinski definition) is 3. The van der Waals surface area contributed by atoms with Gasteiger partial charge in [-0.1, -0.05) is 45.7 Å². The lowest BCUT2D eigenvalue weighted by atomic mass is 10.2. The zero-order valence-corrected chi connectivity index (χ0v) is 15.3. The Morgan fingerprint density at radius 1 is 0.880 bits per heavy atom. The topological polar surface area (TPSA) is 53.8 Å². The third kappa shape index (κ3) is 4.75. The van der Waals surface area contributed by atoms with E-state index in [4.69, 9.17) is 11.6 Å². The van der Waals surface area contributed by atoms with Gasteiger partial charge in [-0.15, -0.1) is 0 Å². The van der Waals surface area contributed by atoms with Crippen LogP contribution in [0.15, 0.2) is 87.5 Å². The largest absolute Gasteiger partial charge is 0.322 e. The van der Waals surface area contributed by atoms with Crippen LogP contribution in [0.25, 0.3) is 0 Å². The lowest BCUT2D eigenvalue weighted by Crippen LogP contribution is -2.12. The maximum atomic E-state index is 12.3. The average Bonchev–Trinajstić information content (AvgIpc) is 2.64. The van der Waals surface area contributed by atoms with Crippen LogP contribution >= 0.6 is 27.5 Å². The van der Waals surface area contributed by atoms with Crippen LogP contribution in [0.1, 0.15) is 10.4 Å². The van der Waals surface area contributed by atoms with Crippen molar-refractivity contribution in [2.24, 2.45) is 10.2 Å². The van der Waals surface area contributed by atoms with E-state index in [-0.39, 0.29) is 5.91 Å². The fraction of sp³-hybridized carbons (Fsp3) is 0. The first-order chi connectivity index (χ1) is 12.1. The van der Waals surface area contributed by atoms with E-state index < -0.39 is 0 Å². The molecular formula is C19H13BrClN3O. The summed E-state index contributed by atoms with van der Waals surface area (Å²) < 4.78 is 0.790. The third-order valence-corrected chi connectivity index (χ3v) is 4.16. The highest BCUT2D eigenvalue weighted by molar-refractivity contribution is 9.10. The predicted octanol–water partition coefficient (Wildman–Crippen LogP) is 6.77. The maximum Gasteiger partial charge on any atom is 0.257 e. The summed E-state index contributed by atoms with van der Waals surface area (Å²) >= 11 is 9.41. The molecule has 0 aliphatic heterocycles. The number of nitrogens with one attached hydrogen (secondary N) is 1. The summed E-state index contributed by atoms with van der Waals surface area (Å²) in [7, 11) is 0. The van der Waals surface area contributed by atoms with Crippen LogP contribution in [0.3, 0.4) is 0 Å². The van der Waals surface area contributed by atoms with Gasteiger partial charge in [0.1, 0.15) is 0 Å². The molecule has 0 saturated heterocycles. The highest BCUT2D eigenvalue weighted by atomic mass is 79.9. The normalized spacial score (nSPS) is 10.8. The van der Waals surface area contributed by atoms with Gasteiger partial charge >= 0.3 is 0 Å². The Morgan fingerprint density at radius 2 is 1.52 bits per heavy atom. The van der Waals surface area contributed by atoms with Crippen LogP contribution < -0.4 is 5.32 Å². The molecule has 0 saturated carbocycles. The van der Waals surface area contributed by atoms with Crippen molar-refractivity contribution in [1.82, 2.24) is 0 Å². The minimum Gasteiger partial charge on any atom is -0.322 e. The fourth-order valence-electron chi connectivity index (χ4n) is 2.09. The number of carbonyl (C=O) groups is 1. The average molecular weight is 415 g/mol. The summed E-state index contributed by atoms with van der Waals surface area (Å²) in [5.74, 6) is -0.273. The van der Waals surface area contributed by atoms with E-state index in [1.54, 1.807) is 42.5 Å². The molecule has 25 heavy (non-hydrogen) atoms. The fourth-order valence-corrected chi connectivity index (χ4v) is 2.66. The van der Waals surface area contributed by atoms with Crippen molar-refractivity contribution in [1.29, 1.82) is 0 Å². The van der Waals surface area contributed by atoms with Gasteiger partial charge < -0.3 is 5.32 Å². The molecule has 0 atom stereocenters. The minimum atomic E-state index is -0.273. The molecule has 6 heteroatoms. The van der Waals surface area contributed by atoms with E-state index in [0.717, 1.165) is 10.2 Å². The number of amides is 1. The molecule has 0 fully saturated rings. The predicted molar refractivity (Wildman–Crippen MR) is 104 cm³/mol. The molecule has 0 aromatic heterocycles. The number of hydrogen-bond donors (Lipinski definition) is 1. The van der Waals surface area contributed by atoms with Gasteiger partial charge in [0, 0.05) is 10.2 Å². The second kappa shape index (κ2) is 8.05. The van der Waals surface area contributed by atoms with Gasteiger partial charge in [0.15, 0.2) is 0 Å². The van der Waals surface area contributed by atoms with Gasteiger partial charge in [0.2, 0.25) is 0 Å². The summed E-state index contributed by atoms with van der Waals surface area (Å²) in [5, 5.41) is 11.5. The monoisotopic (exact) mass is 413 g/mol. The van der Waals surface area contributed by atoms with Crippen molar-refractivity contribution >= 4 is 50.5 Å². The van der Waals surface area contributed by atoms with E-state index in [1.165, 1.54) is 0 Å². The molecule has 3 aromatic carbocycles. The van der Waals surface area contributed by atoms with Crippen LogP contribution in [-0.4, -0.2) is 5.91 Å². The number of nitrogens with zero attached hydrogens (tertiary/aromatic N) is 2. The SMILES string of the molecule is O=C(Nc1ccc(N=Nc2ccccc2)cc1)c1cc(Br)ccc1Cl. The van der Waals surface area contributed by atoms with Gasteiger partial charge in [-0.25, -0.2) is 0 Å². The summed E-state index contributed by atoms with van der Waals surface area (Å²) in [4.78, 5) is 12.3. The smallest absolute Gasteiger partial charge is 0.257 e. The Labute approximate surface area is 158 Å². The molecule has 4 nitrogen and oxygen atoms in total. The molecule has 0 unspecified atom stereocenters. The van der Waals surface area contributed by atoms with E-state index in [2.05, 4.69) is 31.5 Å². The van der Waals surface area contributed by atoms with Crippen molar-refractivity contribution in [2.45, 2.75) is 0 Å². The first-order valence-corrected chi connectivity index (χ1v) is 8.62. The van der Waals surface area contributed by atoms with Gasteiger partial charge in [0.05, 0.1) is 22.0 Å². The molecule has 0 heterocycles. The van der Waals surface area contributed by atoms with Crippen LogP contribution in [-0.2, 0) is 0 Å². The Morgan fingerprint density at radius 3 is 2.20 bits per heavy atom. The number of azo groups is 1. The maximum absolute atomic E-state index is 12.3. The van der Waals surface area contributed by atoms with Crippen molar-refractivity contribution in [3.05, 3.63) is 87.9 Å². The Bertz CT molecular complexity index is 912. The van der Waals surface area contributed by atoms with E-state index in [0.29, 0.717) is 22.0 Å². The molecule has 1 N–H and O–H groups in total. The molecule has 3 rings (SSSR count). The van der Waals surface area contributed by atoms with Gasteiger partial charge in [-0.2, -0.15) is 10.2 Å². The minimum absolute atomic E-state index is 0.273. The molecule has 0 spiro atoms. The number of benzene rings is 3. The van der Waals surface area contributed by atoms with Crippen molar-refractivity contribution in [3.8, 4) is 0 Å². The highest BCUT2D eigenvalue weighted by Gasteiger charge is 2.11. The molecule has 1 amide bonds. The Hall–Kier alpha value is -2.50. The lowest BCUT2D eigenvalue weighted by Gasteiger charge is -2.07. The van der Waals surface area contributed by atoms with Crippen molar-refractivity contribution in [2.75, 3.05) is 5.32 Å². The molecule has 124 valence electrons. The zero-order valence-electron chi connectivity index (χ0n) is 13.0.